The van der Waals surface area contributed by atoms with Crippen molar-refractivity contribution in [1.29, 1.82) is 0 Å². The van der Waals surface area contributed by atoms with Crippen molar-refractivity contribution in [1.82, 2.24) is 9.47 Å². The van der Waals surface area contributed by atoms with Crippen LogP contribution in [0.15, 0.2) is 48.5 Å². The van der Waals surface area contributed by atoms with Crippen molar-refractivity contribution in [2.24, 2.45) is 0 Å². The predicted octanol–water partition coefficient (Wildman–Crippen LogP) is 0.349. The second-order valence-electron chi connectivity index (χ2n) is 6.80. The summed E-state index contributed by atoms with van der Waals surface area (Å²) in [6.45, 7) is 5.68. The highest BCUT2D eigenvalue weighted by atomic mass is 35.5. The van der Waals surface area contributed by atoms with E-state index in [-0.39, 0.29) is 24.1 Å². The lowest BCUT2D eigenvalue weighted by Gasteiger charge is -2.27. The zero-order valence-corrected chi connectivity index (χ0v) is 17.1. The van der Waals surface area contributed by atoms with E-state index >= 15 is 0 Å². The van der Waals surface area contributed by atoms with E-state index in [1.54, 1.807) is 19.1 Å². The molecule has 1 aromatic heterocycles. The van der Waals surface area contributed by atoms with Gasteiger partial charge in [-0.25, -0.2) is 4.79 Å². The zero-order valence-electron chi connectivity index (χ0n) is 16.3. The molecule has 3 aromatic rings. The molecule has 29 heavy (non-hydrogen) atoms. The van der Waals surface area contributed by atoms with Gasteiger partial charge < -0.3 is 31.6 Å². The third-order valence-electron chi connectivity index (χ3n) is 5.02. The van der Waals surface area contributed by atoms with Gasteiger partial charge in [0, 0.05) is 30.7 Å². The van der Waals surface area contributed by atoms with Crippen LogP contribution in [0.2, 0.25) is 0 Å². The zero-order chi connectivity index (χ0) is 19.5. The Hall–Kier alpha value is -2.54. The number of nitrogens with zero attached hydrogens (tertiary/aromatic N) is 2. The Morgan fingerprint density at radius 2 is 1.86 bits per heavy atom. The topological polar surface area (TPSA) is 63.9 Å². The molecular weight excluding hydrogens is 392 g/mol. The van der Waals surface area contributed by atoms with Gasteiger partial charge in [-0.1, -0.05) is 18.2 Å². The van der Waals surface area contributed by atoms with Crippen LogP contribution in [-0.4, -0.2) is 53.5 Å². The number of ether oxygens (including phenoxy) is 2. The lowest BCUT2D eigenvalue weighted by atomic mass is 10.1. The number of carbonyl (C=O) groups is 1. The number of aromatic hydroxyl groups is 1. The number of esters is 1. The summed E-state index contributed by atoms with van der Waals surface area (Å²) in [5.41, 5.74) is 3.22. The largest absolute Gasteiger partial charge is 1.00 e. The number of morpholine rings is 1. The summed E-state index contributed by atoms with van der Waals surface area (Å²) in [5, 5.41) is 10.8. The van der Waals surface area contributed by atoms with Gasteiger partial charge in [0.25, 0.3) is 0 Å². The fourth-order valence-electron chi connectivity index (χ4n) is 3.76. The smallest absolute Gasteiger partial charge is 0.340 e. The van der Waals surface area contributed by atoms with E-state index in [2.05, 4.69) is 9.47 Å². The minimum absolute atomic E-state index is 0. The number of benzene rings is 2. The van der Waals surface area contributed by atoms with Gasteiger partial charge in [0.2, 0.25) is 0 Å². The summed E-state index contributed by atoms with van der Waals surface area (Å²) in [7, 11) is 0. The van der Waals surface area contributed by atoms with Gasteiger partial charge in [0.15, 0.2) is 0 Å². The van der Waals surface area contributed by atoms with Gasteiger partial charge in [-0.2, -0.15) is 0 Å². The SMILES string of the molecule is CCOC(=O)c1c(CN2CCOCC2)n(-c2ccccc2)c2ccc(O)cc12.[Cl-]. The van der Waals surface area contributed by atoms with Gasteiger partial charge in [-0.05, 0) is 37.3 Å². The van der Waals surface area contributed by atoms with Crippen LogP contribution in [0.5, 0.6) is 5.75 Å². The Morgan fingerprint density at radius 1 is 1.14 bits per heavy atom. The standard InChI is InChI=1S/C22H24N2O4.ClH/c1-2-28-22(26)21-18-14-17(25)8-9-19(18)24(16-6-4-3-5-7-16)20(21)15-23-10-12-27-13-11-23;/h3-9,14,25H,2,10-13,15H2,1H3;1H/p-1. The highest BCUT2D eigenvalue weighted by molar-refractivity contribution is 6.07. The van der Waals surface area contributed by atoms with Crippen LogP contribution >= 0.6 is 0 Å². The third-order valence-corrected chi connectivity index (χ3v) is 5.02. The molecule has 6 nitrogen and oxygen atoms in total. The van der Waals surface area contributed by atoms with Crippen LogP contribution in [0, 0.1) is 0 Å². The van der Waals surface area contributed by atoms with E-state index in [9.17, 15) is 9.90 Å². The number of para-hydroxylation sites is 1. The molecule has 0 atom stereocenters. The Morgan fingerprint density at radius 3 is 2.55 bits per heavy atom. The maximum Gasteiger partial charge on any atom is 0.340 e. The minimum Gasteiger partial charge on any atom is -1.00 e. The number of aromatic nitrogens is 1. The number of carbonyl (C=O) groups excluding carboxylic acids is 1. The highest BCUT2D eigenvalue weighted by Crippen LogP contribution is 2.33. The molecule has 2 aromatic carbocycles. The maximum absolute atomic E-state index is 12.9. The quantitative estimate of drug-likeness (QED) is 0.609. The maximum atomic E-state index is 12.9. The molecule has 154 valence electrons. The summed E-state index contributed by atoms with van der Waals surface area (Å²) in [6, 6.07) is 15.1. The fraction of sp³-hybridized carbons (Fsp3) is 0.318. The predicted molar refractivity (Wildman–Crippen MR) is 107 cm³/mol. The number of phenols is 1. The molecule has 4 rings (SSSR count). The molecule has 0 bridgehead atoms. The molecule has 0 unspecified atom stereocenters. The lowest BCUT2D eigenvalue weighted by Crippen LogP contribution is -3.00. The fourth-order valence-corrected chi connectivity index (χ4v) is 3.76. The van der Waals surface area contributed by atoms with E-state index in [0.29, 0.717) is 37.3 Å². The van der Waals surface area contributed by atoms with E-state index in [1.807, 2.05) is 36.4 Å². The molecule has 0 spiro atoms. The molecule has 1 aliphatic heterocycles. The Kier molecular flexibility index (Phi) is 6.79. The first-order valence-corrected chi connectivity index (χ1v) is 9.58. The lowest BCUT2D eigenvalue weighted by molar-refractivity contribution is -0.0000282. The first-order chi connectivity index (χ1) is 13.7. The number of hydrogen-bond acceptors (Lipinski definition) is 5. The molecular formula is C22H24ClN2O4-. The summed E-state index contributed by atoms with van der Waals surface area (Å²) in [6.07, 6.45) is 0. The summed E-state index contributed by atoms with van der Waals surface area (Å²) in [5.74, 6) is -0.239. The molecule has 2 heterocycles. The summed E-state index contributed by atoms with van der Waals surface area (Å²) < 4.78 is 12.9. The highest BCUT2D eigenvalue weighted by Gasteiger charge is 2.26. The van der Waals surface area contributed by atoms with Crippen LogP contribution in [0.1, 0.15) is 23.0 Å². The van der Waals surface area contributed by atoms with Gasteiger partial charge in [0.05, 0.1) is 36.6 Å². The van der Waals surface area contributed by atoms with E-state index in [1.165, 1.54) is 0 Å². The second-order valence-corrected chi connectivity index (χ2v) is 6.80. The molecule has 0 saturated carbocycles. The van der Waals surface area contributed by atoms with E-state index in [0.717, 1.165) is 30.0 Å². The van der Waals surface area contributed by atoms with Crippen molar-refractivity contribution in [3.63, 3.8) is 0 Å². The van der Waals surface area contributed by atoms with Gasteiger partial charge in [-0.15, -0.1) is 0 Å². The Labute approximate surface area is 176 Å². The number of hydrogen-bond donors (Lipinski definition) is 1. The number of rotatable bonds is 5. The van der Waals surface area contributed by atoms with Crippen LogP contribution in [0.4, 0.5) is 0 Å². The monoisotopic (exact) mass is 415 g/mol. The normalized spacial score (nSPS) is 14.5. The van der Waals surface area contributed by atoms with E-state index < -0.39 is 0 Å². The van der Waals surface area contributed by atoms with Crippen molar-refractivity contribution >= 4 is 16.9 Å². The van der Waals surface area contributed by atoms with Crippen LogP contribution in [-0.2, 0) is 16.0 Å². The van der Waals surface area contributed by atoms with Crippen LogP contribution < -0.4 is 12.4 Å². The molecule has 1 saturated heterocycles. The first kappa shape index (κ1) is 21.2. The van der Waals surface area contributed by atoms with Crippen molar-refractivity contribution in [2.45, 2.75) is 13.5 Å². The molecule has 0 radical (unpaired) electrons. The molecule has 0 amide bonds. The summed E-state index contributed by atoms with van der Waals surface area (Å²) >= 11 is 0. The second kappa shape index (κ2) is 9.31. The average Bonchev–Trinajstić information content (AvgIpc) is 3.02. The van der Waals surface area contributed by atoms with Gasteiger partial charge in [-0.3, -0.25) is 4.90 Å². The molecule has 1 aliphatic rings. The van der Waals surface area contributed by atoms with Crippen molar-refractivity contribution in [2.75, 3.05) is 32.9 Å². The third kappa shape index (κ3) is 4.24. The van der Waals surface area contributed by atoms with Crippen molar-refractivity contribution in [3.8, 4) is 11.4 Å². The average molecular weight is 416 g/mol. The number of fused-ring (bicyclic) bond motifs is 1. The van der Waals surface area contributed by atoms with Crippen molar-refractivity contribution in [3.05, 3.63) is 59.8 Å². The molecule has 1 fully saturated rings. The first-order valence-electron chi connectivity index (χ1n) is 9.58. The molecule has 1 N–H and O–H groups in total. The van der Waals surface area contributed by atoms with Crippen molar-refractivity contribution < 1.29 is 31.8 Å². The summed E-state index contributed by atoms with van der Waals surface area (Å²) in [4.78, 5) is 15.2. The minimum atomic E-state index is -0.365. The van der Waals surface area contributed by atoms with Gasteiger partial charge >= 0.3 is 5.97 Å². The number of phenolic OH excluding ortho intramolecular Hbond substituents is 1. The molecule has 0 aliphatic carbocycles. The molecule has 7 heteroatoms. The Balaban J connectivity index is 0.00000240. The Bertz CT molecular complexity index is 981. The number of halogens is 1. The van der Waals surface area contributed by atoms with Gasteiger partial charge in [0.1, 0.15) is 5.75 Å². The van der Waals surface area contributed by atoms with Crippen LogP contribution in [0.25, 0.3) is 16.6 Å². The van der Waals surface area contributed by atoms with E-state index in [4.69, 9.17) is 9.47 Å². The van der Waals surface area contributed by atoms with Crippen LogP contribution in [0.3, 0.4) is 0 Å².